The molecule has 2 aliphatic rings. The largest absolute Gasteiger partial charge is 0.492 e. The monoisotopic (exact) mass is 198 g/mol. The van der Waals surface area contributed by atoms with Crippen molar-refractivity contribution in [2.24, 2.45) is 0 Å². The second-order valence-corrected chi connectivity index (χ2v) is 4.21. The SMILES string of the molecule is CC1(C)OCC2OC=CC(=O)[C@]2(C)O1. The maximum atomic E-state index is 11.7. The van der Waals surface area contributed by atoms with Crippen LogP contribution in [0.2, 0.25) is 0 Å². The first-order valence-corrected chi connectivity index (χ1v) is 4.65. The van der Waals surface area contributed by atoms with Gasteiger partial charge in [0, 0.05) is 6.08 Å². The maximum absolute atomic E-state index is 11.7. The van der Waals surface area contributed by atoms with Gasteiger partial charge in [0.05, 0.1) is 12.9 Å². The predicted octanol–water partition coefficient (Wildman–Crippen LogP) is 1.01. The summed E-state index contributed by atoms with van der Waals surface area (Å²) in [5.74, 6) is -0.791. The number of hydrogen-bond donors (Lipinski definition) is 0. The Morgan fingerprint density at radius 3 is 2.86 bits per heavy atom. The molecule has 0 aromatic rings. The van der Waals surface area contributed by atoms with Gasteiger partial charge in [-0.05, 0) is 20.8 Å². The molecule has 0 saturated carbocycles. The molecule has 1 unspecified atom stereocenters. The lowest BCUT2D eigenvalue weighted by Gasteiger charge is -2.47. The van der Waals surface area contributed by atoms with Crippen LogP contribution >= 0.6 is 0 Å². The second kappa shape index (κ2) is 2.81. The summed E-state index contributed by atoms with van der Waals surface area (Å²) in [5.41, 5.74) is -0.906. The van der Waals surface area contributed by atoms with E-state index in [9.17, 15) is 4.79 Å². The van der Waals surface area contributed by atoms with Crippen molar-refractivity contribution in [3.05, 3.63) is 12.3 Å². The summed E-state index contributed by atoms with van der Waals surface area (Å²) in [4.78, 5) is 11.7. The molecule has 0 radical (unpaired) electrons. The molecule has 0 aromatic carbocycles. The van der Waals surface area contributed by atoms with Crippen LogP contribution in [0.15, 0.2) is 12.3 Å². The Hall–Kier alpha value is -0.870. The highest BCUT2D eigenvalue weighted by molar-refractivity contribution is 5.97. The lowest BCUT2D eigenvalue weighted by atomic mass is 9.90. The van der Waals surface area contributed by atoms with E-state index in [-0.39, 0.29) is 11.9 Å². The van der Waals surface area contributed by atoms with E-state index in [2.05, 4.69) is 0 Å². The molecule has 0 aliphatic carbocycles. The topological polar surface area (TPSA) is 44.8 Å². The normalized spacial score (nSPS) is 40.2. The molecule has 1 fully saturated rings. The Kier molecular flexibility index (Phi) is 1.94. The van der Waals surface area contributed by atoms with Gasteiger partial charge in [0.25, 0.3) is 0 Å². The molecule has 4 heteroatoms. The zero-order valence-electron chi connectivity index (χ0n) is 8.57. The molecule has 4 nitrogen and oxygen atoms in total. The summed E-state index contributed by atoms with van der Waals surface area (Å²) in [6.45, 7) is 5.70. The van der Waals surface area contributed by atoms with Gasteiger partial charge in [0.15, 0.2) is 23.3 Å². The van der Waals surface area contributed by atoms with Gasteiger partial charge in [-0.15, -0.1) is 0 Å². The van der Waals surface area contributed by atoms with E-state index in [1.54, 1.807) is 20.8 Å². The number of ether oxygens (including phenoxy) is 3. The maximum Gasteiger partial charge on any atom is 0.194 e. The molecular weight excluding hydrogens is 184 g/mol. The van der Waals surface area contributed by atoms with Crippen LogP contribution in [0, 0.1) is 0 Å². The molecule has 2 aliphatic heterocycles. The van der Waals surface area contributed by atoms with Gasteiger partial charge in [-0.2, -0.15) is 0 Å². The average Bonchev–Trinajstić information content (AvgIpc) is 2.06. The van der Waals surface area contributed by atoms with Crippen molar-refractivity contribution in [3.63, 3.8) is 0 Å². The Balaban J connectivity index is 2.30. The molecule has 14 heavy (non-hydrogen) atoms. The lowest BCUT2D eigenvalue weighted by molar-refractivity contribution is -0.328. The van der Waals surface area contributed by atoms with Crippen molar-refractivity contribution in [2.75, 3.05) is 6.61 Å². The molecule has 78 valence electrons. The van der Waals surface area contributed by atoms with E-state index >= 15 is 0 Å². The fourth-order valence-corrected chi connectivity index (χ4v) is 1.78. The highest BCUT2D eigenvalue weighted by Crippen LogP contribution is 2.35. The van der Waals surface area contributed by atoms with E-state index < -0.39 is 11.4 Å². The predicted molar refractivity (Wildman–Crippen MR) is 48.5 cm³/mol. The number of carbonyl (C=O) groups excluding carboxylic acids is 1. The van der Waals surface area contributed by atoms with Crippen molar-refractivity contribution in [1.29, 1.82) is 0 Å². The highest BCUT2D eigenvalue weighted by atomic mass is 16.7. The average molecular weight is 198 g/mol. The van der Waals surface area contributed by atoms with E-state index in [1.165, 1.54) is 12.3 Å². The zero-order valence-corrected chi connectivity index (χ0v) is 8.57. The Labute approximate surface area is 82.8 Å². The molecule has 0 spiro atoms. The van der Waals surface area contributed by atoms with E-state index in [0.29, 0.717) is 6.61 Å². The third-order valence-electron chi connectivity index (χ3n) is 2.61. The van der Waals surface area contributed by atoms with E-state index in [1.807, 2.05) is 0 Å². The van der Waals surface area contributed by atoms with Crippen LogP contribution in [0.1, 0.15) is 20.8 Å². The third kappa shape index (κ3) is 1.35. The first-order valence-electron chi connectivity index (χ1n) is 4.65. The number of fused-ring (bicyclic) bond motifs is 1. The van der Waals surface area contributed by atoms with Crippen molar-refractivity contribution < 1.29 is 19.0 Å². The Morgan fingerprint density at radius 2 is 2.14 bits per heavy atom. The number of hydrogen-bond acceptors (Lipinski definition) is 4. The van der Waals surface area contributed by atoms with Gasteiger partial charge in [-0.1, -0.05) is 0 Å². The summed E-state index contributed by atoms with van der Waals surface area (Å²) < 4.78 is 16.3. The zero-order chi connectivity index (χ0) is 10.4. The summed E-state index contributed by atoms with van der Waals surface area (Å²) >= 11 is 0. The third-order valence-corrected chi connectivity index (χ3v) is 2.61. The Morgan fingerprint density at radius 1 is 1.43 bits per heavy atom. The van der Waals surface area contributed by atoms with Crippen LogP contribution < -0.4 is 0 Å². The summed E-state index contributed by atoms with van der Waals surface area (Å²) in [6.07, 6.45) is 2.46. The molecule has 2 heterocycles. The summed E-state index contributed by atoms with van der Waals surface area (Å²) in [6, 6.07) is 0. The van der Waals surface area contributed by atoms with Gasteiger partial charge in [-0.3, -0.25) is 4.79 Å². The van der Waals surface area contributed by atoms with Crippen LogP contribution in [-0.4, -0.2) is 29.9 Å². The van der Waals surface area contributed by atoms with E-state index in [4.69, 9.17) is 14.2 Å². The molecule has 0 N–H and O–H groups in total. The van der Waals surface area contributed by atoms with Gasteiger partial charge < -0.3 is 14.2 Å². The van der Waals surface area contributed by atoms with Crippen molar-refractivity contribution >= 4 is 5.78 Å². The molecule has 2 atom stereocenters. The molecule has 2 rings (SSSR count). The molecular formula is C10H14O4. The summed E-state index contributed by atoms with van der Waals surface area (Å²) in [5, 5.41) is 0. The van der Waals surface area contributed by atoms with Crippen LogP contribution in [0.4, 0.5) is 0 Å². The van der Waals surface area contributed by atoms with Gasteiger partial charge >= 0.3 is 0 Å². The molecule has 0 bridgehead atoms. The minimum Gasteiger partial charge on any atom is -0.492 e. The van der Waals surface area contributed by atoms with Crippen molar-refractivity contribution in [3.8, 4) is 0 Å². The standard InChI is InChI=1S/C10H14O4/c1-9(2)13-6-8-10(3,14-9)7(11)4-5-12-8/h4-5,8H,6H2,1-3H3/t8?,10-/m0/s1. The quantitative estimate of drug-likeness (QED) is 0.582. The molecule has 1 saturated heterocycles. The first kappa shape index (κ1) is 9.68. The second-order valence-electron chi connectivity index (χ2n) is 4.21. The van der Waals surface area contributed by atoms with Crippen LogP contribution in [0.3, 0.4) is 0 Å². The lowest BCUT2D eigenvalue weighted by Crippen LogP contribution is -2.61. The van der Waals surface area contributed by atoms with Gasteiger partial charge in [0.2, 0.25) is 0 Å². The minimum atomic E-state index is -0.906. The Bertz CT molecular complexity index is 294. The summed E-state index contributed by atoms with van der Waals surface area (Å²) in [7, 11) is 0. The smallest absolute Gasteiger partial charge is 0.194 e. The minimum absolute atomic E-state index is 0.0647. The van der Waals surface area contributed by atoms with E-state index in [0.717, 1.165) is 0 Å². The first-order chi connectivity index (χ1) is 6.44. The van der Waals surface area contributed by atoms with Crippen molar-refractivity contribution in [2.45, 2.75) is 38.3 Å². The van der Waals surface area contributed by atoms with Crippen LogP contribution in [0.5, 0.6) is 0 Å². The molecule has 0 aromatic heterocycles. The van der Waals surface area contributed by atoms with Gasteiger partial charge in [0.1, 0.15) is 0 Å². The van der Waals surface area contributed by atoms with Crippen LogP contribution in [-0.2, 0) is 19.0 Å². The number of carbonyl (C=O) groups is 1. The highest BCUT2D eigenvalue weighted by Gasteiger charge is 2.52. The molecule has 0 amide bonds. The fourth-order valence-electron chi connectivity index (χ4n) is 1.78. The fraction of sp³-hybridized carbons (Fsp3) is 0.700. The number of ketones is 1. The van der Waals surface area contributed by atoms with Crippen molar-refractivity contribution in [1.82, 2.24) is 0 Å². The number of rotatable bonds is 0. The van der Waals surface area contributed by atoms with Crippen LogP contribution in [0.25, 0.3) is 0 Å². The van der Waals surface area contributed by atoms with Gasteiger partial charge in [-0.25, -0.2) is 0 Å².